The minimum Gasteiger partial charge on any atom is -0.261 e. The van der Waals surface area contributed by atoms with Gasteiger partial charge in [0.05, 0.1) is 0 Å². The largest absolute Gasteiger partial charge is 0.261 e. The zero-order chi connectivity index (χ0) is 9.36. The molecule has 0 fully saturated rings. The Balaban J connectivity index is 2.25. The van der Waals surface area contributed by atoms with Crippen LogP contribution in [-0.2, 0) is 6.42 Å². The highest BCUT2D eigenvalue weighted by Gasteiger charge is 1.88. The molecule has 0 aromatic carbocycles. The van der Waals surface area contributed by atoms with E-state index in [4.69, 9.17) is 0 Å². The van der Waals surface area contributed by atoms with E-state index in [0.717, 1.165) is 31.4 Å². The molecule has 0 aliphatic rings. The molecule has 0 bridgehead atoms. The van der Waals surface area contributed by atoms with Gasteiger partial charge in [0.25, 0.3) is 0 Å². The van der Waals surface area contributed by atoms with Crippen molar-refractivity contribution >= 4 is 0 Å². The first-order valence-corrected chi connectivity index (χ1v) is 4.79. The van der Waals surface area contributed by atoms with Crippen molar-refractivity contribution < 1.29 is 0 Å². The van der Waals surface area contributed by atoms with Crippen LogP contribution in [0.4, 0.5) is 0 Å². The molecule has 1 rings (SSSR count). The van der Waals surface area contributed by atoms with Crippen LogP contribution >= 0.6 is 0 Å². The lowest BCUT2D eigenvalue weighted by Gasteiger charge is -1.93. The van der Waals surface area contributed by atoms with E-state index in [1.165, 1.54) is 0 Å². The minimum absolute atomic E-state index is 0.928. The van der Waals surface area contributed by atoms with Gasteiger partial charge in [0.15, 0.2) is 0 Å². The van der Waals surface area contributed by atoms with Crippen LogP contribution in [0.5, 0.6) is 0 Å². The number of hydrogen-bond acceptors (Lipinski definition) is 1. The Morgan fingerprint density at radius 3 is 2.77 bits per heavy atom. The van der Waals surface area contributed by atoms with Gasteiger partial charge in [0, 0.05) is 31.2 Å². The lowest BCUT2D eigenvalue weighted by molar-refractivity contribution is 0.951. The second kappa shape index (κ2) is 6.25. The molecule has 0 saturated heterocycles. The van der Waals surface area contributed by atoms with E-state index in [2.05, 4.69) is 23.7 Å². The molecule has 1 heteroatoms. The Labute approximate surface area is 80.2 Å². The molecule has 1 aromatic rings. The average molecular weight is 173 g/mol. The summed E-state index contributed by atoms with van der Waals surface area (Å²) in [5.74, 6) is 6.27. The van der Waals surface area contributed by atoms with Crippen LogP contribution in [-0.4, -0.2) is 4.98 Å². The van der Waals surface area contributed by atoms with Gasteiger partial charge in [-0.1, -0.05) is 13.0 Å². The third-order valence-electron chi connectivity index (χ3n) is 1.73. The van der Waals surface area contributed by atoms with Crippen LogP contribution in [0.3, 0.4) is 0 Å². The highest BCUT2D eigenvalue weighted by Crippen LogP contribution is 1.97. The van der Waals surface area contributed by atoms with Gasteiger partial charge in [-0.3, -0.25) is 4.98 Å². The monoisotopic (exact) mass is 173 g/mol. The number of rotatable bonds is 3. The van der Waals surface area contributed by atoms with Crippen molar-refractivity contribution in [3.8, 4) is 11.8 Å². The minimum atomic E-state index is 0.928. The van der Waals surface area contributed by atoms with E-state index in [0.29, 0.717) is 0 Å². The normalized spacial score (nSPS) is 9.00. The van der Waals surface area contributed by atoms with Crippen LogP contribution in [0.15, 0.2) is 24.4 Å². The van der Waals surface area contributed by atoms with Crippen molar-refractivity contribution in [2.45, 2.75) is 32.6 Å². The zero-order valence-electron chi connectivity index (χ0n) is 8.09. The maximum absolute atomic E-state index is 4.23. The van der Waals surface area contributed by atoms with Crippen molar-refractivity contribution in [2.24, 2.45) is 0 Å². The molecule has 13 heavy (non-hydrogen) atoms. The molecular weight excluding hydrogens is 158 g/mol. The molecule has 0 aliphatic heterocycles. The van der Waals surface area contributed by atoms with Crippen LogP contribution in [0, 0.1) is 11.8 Å². The number of aromatic nitrogens is 1. The molecule has 68 valence electrons. The molecular formula is C12H15N. The quantitative estimate of drug-likeness (QED) is 0.640. The summed E-state index contributed by atoms with van der Waals surface area (Å²) in [6.45, 7) is 2.15. The molecule has 0 N–H and O–H groups in total. The third-order valence-corrected chi connectivity index (χ3v) is 1.73. The van der Waals surface area contributed by atoms with E-state index in [1.807, 2.05) is 24.4 Å². The Morgan fingerprint density at radius 1 is 1.23 bits per heavy atom. The third kappa shape index (κ3) is 4.32. The van der Waals surface area contributed by atoms with Crippen LogP contribution in [0.1, 0.15) is 31.9 Å². The van der Waals surface area contributed by atoms with Gasteiger partial charge in [0.2, 0.25) is 0 Å². The fourth-order valence-corrected chi connectivity index (χ4v) is 1.04. The summed E-state index contributed by atoms with van der Waals surface area (Å²) in [5, 5.41) is 0. The van der Waals surface area contributed by atoms with Crippen LogP contribution < -0.4 is 0 Å². The van der Waals surface area contributed by atoms with Crippen molar-refractivity contribution in [3.63, 3.8) is 0 Å². The van der Waals surface area contributed by atoms with E-state index in [1.54, 1.807) is 0 Å². The first-order valence-electron chi connectivity index (χ1n) is 4.79. The first-order chi connectivity index (χ1) is 6.43. The maximum atomic E-state index is 4.23. The van der Waals surface area contributed by atoms with E-state index < -0.39 is 0 Å². The van der Waals surface area contributed by atoms with Gasteiger partial charge in [0.1, 0.15) is 0 Å². The Bertz CT molecular complexity index is 279. The molecule has 1 nitrogen and oxygen atoms in total. The summed E-state index contributed by atoms with van der Waals surface area (Å²) in [6.07, 6.45) is 5.89. The molecule has 0 amide bonds. The van der Waals surface area contributed by atoms with E-state index >= 15 is 0 Å². The van der Waals surface area contributed by atoms with Gasteiger partial charge >= 0.3 is 0 Å². The van der Waals surface area contributed by atoms with Gasteiger partial charge in [-0.05, 0) is 18.6 Å². The van der Waals surface area contributed by atoms with Gasteiger partial charge in [-0.15, -0.1) is 11.8 Å². The topological polar surface area (TPSA) is 12.9 Å². The zero-order valence-corrected chi connectivity index (χ0v) is 8.09. The van der Waals surface area contributed by atoms with E-state index in [9.17, 15) is 0 Å². The smallest absolute Gasteiger partial charge is 0.0413 e. The lowest BCUT2D eigenvalue weighted by atomic mass is 10.2. The van der Waals surface area contributed by atoms with Gasteiger partial charge in [-0.25, -0.2) is 0 Å². The summed E-state index contributed by atoms with van der Waals surface area (Å²) in [7, 11) is 0. The van der Waals surface area contributed by atoms with Crippen molar-refractivity contribution in [1.29, 1.82) is 0 Å². The van der Waals surface area contributed by atoms with Crippen LogP contribution in [0.2, 0.25) is 0 Å². The molecule has 1 aromatic heterocycles. The lowest BCUT2D eigenvalue weighted by Crippen LogP contribution is -1.86. The number of aryl methyl sites for hydroxylation is 1. The van der Waals surface area contributed by atoms with E-state index in [-0.39, 0.29) is 0 Å². The fraction of sp³-hybridized carbons (Fsp3) is 0.417. The molecule has 0 spiro atoms. The molecule has 0 radical (unpaired) electrons. The Kier molecular flexibility index (Phi) is 4.71. The first kappa shape index (κ1) is 9.80. The average Bonchev–Trinajstić information content (AvgIpc) is 2.19. The Hall–Kier alpha value is -1.29. The highest BCUT2D eigenvalue weighted by molar-refractivity contribution is 5.07. The highest BCUT2D eigenvalue weighted by atomic mass is 14.7. The van der Waals surface area contributed by atoms with Crippen molar-refractivity contribution in [3.05, 3.63) is 30.1 Å². The summed E-state index contributed by atoms with van der Waals surface area (Å²) in [6, 6.07) is 6.00. The summed E-state index contributed by atoms with van der Waals surface area (Å²) < 4.78 is 0. The summed E-state index contributed by atoms with van der Waals surface area (Å²) >= 11 is 0. The second-order valence-electron chi connectivity index (χ2n) is 2.92. The number of nitrogens with zero attached hydrogens (tertiary/aromatic N) is 1. The molecule has 0 saturated carbocycles. The number of unbranched alkanes of at least 4 members (excludes halogenated alkanes) is 1. The van der Waals surface area contributed by atoms with Crippen molar-refractivity contribution in [1.82, 2.24) is 4.98 Å². The Morgan fingerprint density at radius 2 is 2.08 bits per heavy atom. The predicted octanol–water partition coefficient (Wildman–Crippen LogP) is 2.82. The molecule has 0 unspecified atom stereocenters. The second-order valence-corrected chi connectivity index (χ2v) is 2.92. The maximum Gasteiger partial charge on any atom is 0.0413 e. The summed E-state index contributed by atoms with van der Waals surface area (Å²) in [5.41, 5.74) is 1.13. The molecule has 0 aliphatic carbocycles. The number of pyridine rings is 1. The van der Waals surface area contributed by atoms with Gasteiger partial charge in [-0.2, -0.15) is 0 Å². The molecule has 0 atom stereocenters. The standard InChI is InChI=1S/C12H15N/c1-2-3-4-5-6-9-12-10-7-8-11-13-12/h7-8,10-11H,2-3,6,9H2,1H3. The van der Waals surface area contributed by atoms with Crippen molar-refractivity contribution in [2.75, 3.05) is 0 Å². The number of hydrogen-bond donors (Lipinski definition) is 0. The van der Waals surface area contributed by atoms with Gasteiger partial charge < -0.3 is 0 Å². The predicted molar refractivity (Wildman–Crippen MR) is 55.2 cm³/mol. The SMILES string of the molecule is CCCC#CCCc1ccccn1. The van der Waals surface area contributed by atoms with Crippen LogP contribution in [0.25, 0.3) is 0 Å². The molecule has 1 heterocycles. The fourth-order valence-electron chi connectivity index (χ4n) is 1.04. The summed E-state index contributed by atoms with van der Waals surface area (Å²) in [4.78, 5) is 4.23.